The molecule has 0 saturated carbocycles. The SMILES string of the molecule is CS(=O)(=O)c1ccc(-n2nc(C(N)=O)c3c2-c2cc(NC(=O)c4cc(F)ccc4[N+](=O)[O-])ccc2CC3)cc1. The molecule has 198 valence electrons. The molecule has 1 heterocycles. The van der Waals surface area contributed by atoms with Gasteiger partial charge in [0.25, 0.3) is 17.5 Å². The average Bonchev–Trinajstić information content (AvgIpc) is 3.28. The number of nitrogens with two attached hydrogens (primary N) is 1. The molecule has 0 saturated heterocycles. The van der Waals surface area contributed by atoms with Crippen LogP contribution in [0.15, 0.2) is 65.6 Å². The third-order valence-electron chi connectivity index (χ3n) is 6.39. The van der Waals surface area contributed by atoms with Crippen LogP contribution in [-0.2, 0) is 22.7 Å². The number of rotatable bonds is 6. The zero-order valence-electron chi connectivity index (χ0n) is 20.3. The minimum absolute atomic E-state index is 0.0627. The second kappa shape index (κ2) is 9.44. The molecule has 3 N–H and O–H groups in total. The highest BCUT2D eigenvalue weighted by Crippen LogP contribution is 2.38. The van der Waals surface area contributed by atoms with E-state index < -0.39 is 43.6 Å². The first-order valence-corrected chi connectivity index (χ1v) is 13.4. The predicted molar refractivity (Wildman–Crippen MR) is 139 cm³/mol. The van der Waals surface area contributed by atoms with E-state index in [0.29, 0.717) is 35.3 Å². The average molecular weight is 550 g/mol. The summed E-state index contributed by atoms with van der Waals surface area (Å²) in [7, 11) is -3.44. The summed E-state index contributed by atoms with van der Waals surface area (Å²) in [6.07, 6.45) is 2.10. The van der Waals surface area contributed by atoms with Crippen molar-refractivity contribution >= 4 is 33.0 Å². The summed E-state index contributed by atoms with van der Waals surface area (Å²) < 4.78 is 39.1. The maximum atomic E-state index is 13.8. The van der Waals surface area contributed by atoms with Gasteiger partial charge >= 0.3 is 0 Å². The maximum Gasteiger partial charge on any atom is 0.282 e. The molecular formula is C26H20FN5O6S. The highest BCUT2D eigenvalue weighted by atomic mass is 32.2. The number of halogens is 1. The number of carbonyl (C=O) groups is 2. The summed E-state index contributed by atoms with van der Waals surface area (Å²) in [5.74, 6) is -2.41. The summed E-state index contributed by atoms with van der Waals surface area (Å²) in [5, 5.41) is 18.3. The Morgan fingerprint density at radius 1 is 1.08 bits per heavy atom. The van der Waals surface area contributed by atoms with Crippen LogP contribution in [-0.4, -0.2) is 41.2 Å². The van der Waals surface area contributed by atoms with E-state index >= 15 is 0 Å². The van der Waals surface area contributed by atoms with E-state index in [1.54, 1.807) is 30.3 Å². The molecule has 0 spiro atoms. The van der Waals surface area contributed by atoms with E-state index in [9.17, 15) is 32.5 Å². The number of hydrogen-bond acceptors (Lipinski definition) is 7. The van der Waals surface area contributed by atoms with E-state index in [1.807, 2.05) is 0 Å². The molecule has 4 aromatic rings. The number of fused-ring (bicyclic) bond motifs is 3. The smallest absolute Gasteiger partial charge is 0.282 e. The number of amides is 2. The number of benzene rings is 3. The van der Waals surface area contributed by atoms with Crippen LogP contribution >= 0.6 is 0 Å². The minimum atomic E-state index is -3.44. The van der Waals surface area contributed by atoms with E-state index in [4.69, 9.17) is 5.73 Å². The monoisotopic (exact) mass is 549 g/mol. The number of nitrogens with zero attached hydrogens (tertiary/aromatic N) is 3. The van der Waals surface area contributed by atoms with Crippen LogP contribution in [0.2, 0.25) is 0 Å². The Morgan fingerprint density at radius 2 is 1.79 bits per heavy atom. The van der Waals surface area contributed by atoms with E-state index in [1.165, 1.54) is 16.8 Å². The molecule has 5 rings (SSSR count). The molecule has 0 radical (unpaired) electrons. The molecule has 2 amide bonds. The molecule has 39 heavy (non-hydrogen) atoms. The van der Waals surface area contributed by atoms with Crippen LogP contribution in [0.25, 0.3) is 16.9 Å². The second-order valence-electron chi connectivity index (χ2n) is 8.96. The number of sulfone groups is 1. The summed E-state index contributed by atoms with van der Waals surface area (Å²) in [4.78, 5) is 35.8. The summed E-state index contributed by atoms with van der Waals surface area (Å²) >= 11 is 0. The molecular weight excluding hydrogens is 529 g/mol. The zero-order chi connectivity index (χ0) is 28.1. The van der Waals surface area contributed by atoms with Gasteiger partial charge in [-0.25, -0.2) is 17.5 Å². The van der Waals surface area contributed by atoms with Crippen molar-refractivity contribution in [2.45, 2.75) is 17.7 Å². The lowest BCUT2D eigenvalue weighted by atomic mass is 9.88. The third-order valence-corrected chi connectivity index (χ3v) is 7.52. The molecule has 11 nitrogen and oxygen atoms in total. The lowest BCUT2D eigenvalue weighted by molar-refractivity contribution is -0.385. The first-order chi connectivity index (χ1) is 18.4. The number of carbonyl (C=O) groups excluding carboxylic acids is 2. The van der Waals surface area contributed by atoms with E-state index in [2.05, 4.69) is 10.4 Å². The Balaban J connectivity index is 1.60. The molecule has 1 aliphatic rings. The van der Waals surface area contributed by atoms with Gasteiger partial charge < -0.3 is 11.1 Å². The zero-order valence-corrected chi connectivity index (χ0v) is 21.2. The fourth-order valence-corrected chi connectivity index (χ4v) is 5.21. The fourth-order valence-electron chi connectivity index (χ4n) is 4.58. The number of primary amides is 1. The first-order valence-electron chi connectivity index (χ1n) is 11.5. The number of anilines is 1. The highest BCUT2D eigenvalue weighted by molar-refractivity contribution is 7.90. The van der Waals surface area contributed by atoms with Gasteiger partial charge in [-0.1, -0.05) is 6.07 Å². The van der Waals surface area contributed by atoms with Gasteiger partial charge in [0, 0.05) is 29.1 Å². The van der Waals surface area contributed by atoms with Crippen LogP contribution in [0.3, 0.4) is 0 Å². The highest BCUT2D eigenvalue weighted by Gasteiger charge is 2.29. The van der Waals surface area contributed by atoms with Gasteiger partial charge in [-0.05, 0) is 66.9 Å². The molecule has 3 aromatic carbocycles. The van der Waals surface area contributed by atoms with Crippen LogP contribution in [0.5, 0.6) is 0 Å². The Labute approximate surface area is 221 Å². The van der Waals surface area contributed by atoms with Gasteiger partial charge in [0.15, 0.2) is 15.5 Å². The predicted octanol–water partition coefficient (Wildman–Crippen LogP) is 3.44. The van der Waals surface area contributed by atoms with Crippen LogP contribution in [0.1, 0.15) is 32.0 Å². The van der Waals surface area contributed by atoms with Crippen molar-refractivity contribution in [1.82, 2.24) is 9.78 Å². The summed E-state index contributed by atoms with van der Waals surface area (Å²) in [6, 6.07) is 13.6. The number of nitro groups is 1. The maximum absolute atomic E-state index is 13.8. The van der Waals surface area contributed by atoms with E-state index in [0.717, 1.165) is 30.0 Å². The summed E-state index contributed by atoms with van der Waals surface area (Å²) in [6.45, 7) is 0. The molecule has 0 fully saturated rings. The molecule has 0 unspecified atom stereocenters. The van der Waals surface area contributed by atoms with Gasteiger partial charge in [-0.2, -0.15) is 5.10 Å². The number of hydrogen-bond donors (Lipinski definition) is 2. The lowest BCUT2D eigenvalue weighted by Crippen LogP contribution is -2.16. The van der Waals surface area contributed by atoms with Crippen LogP contribution in [0, 0.1) is 15.9 Å². The Kier molecular flexibility index (Phi) is 6.23. The Morgan fingerprint density at radius 3 is 2.44 bits per heavy atom. The Bertz CT molecular complexity index is 1800. The Hall–Kier alpha value is -4.91. The number of aromatic nitrogens is 2. The van der Waals surface area contributed by atoms with Crippen LogP contribution < -0.4 is 11.1 Å². The third kappa shape index (κ3) is 4.75. The number of nitro benzene ring substituents is 1. The number of nitrogens with one attached hydrogen (secondary N) is 1. The van der Waals surface area contributed by atoms with Crippen molar-refractivity contribution < 1.29 is 27.3 Å². The normalized spacial score (nSPS) is 12.4. The molecule has 13 heteroatoms. The topological polar surface area (TPSA) is 167 Å². The van der Waals surface area contributed by atoms with Crippen molar-refractivity contribution in [1.29, 1.82) is 0 Å². The van der Waals surface area contributed by atoms with Crippen molar-refractivity contribution in [2.24, 2.45) is 5.73 Å². The van der Waals surface area contributed by atoms with Gasteiger partial charge in [0.05, 0.1) is 21.2 Å². The first kappa shape index (κ1) is 25.7. The van der Waals surface area contributed by atoms with Gasteiger partial charge in [0.1, 0.15) is 11.4 Å². The molecule has 1 aliphatic carbocycles. The molecule has 0 aliphatic heterocycles. The van der Waals surface area contributed by atoms with Gasteiger partial charge in [-0.15, -0.1) is 0 Å². The quantitative estimate of drug-likeness (QED) is 0.274. The van der Waals surface area contributed by atoms with Crippen molar-refractivity contribution in [3.63, 3.8) is 0 Å². The summed E-state index contributed by atoms with van der Waals surface area (Å²) in [5.41, 5.74) is 8.05. The molecule has 1 aromatic heterocycles. The fraction of sp³-hybridized carbons (Fsp3) is 0.115. The molecule has 0 bridgehead atoms. The minimum Gasteiger partial charge on any atom is -0.364 e. The van der Waals surface area contributed by atoms with Crippen molar-refractivity contribution in [3.8, 4) is 16.9 Å². The van der Waals surface area contributed by atoms with Gasteiger partial charge in [-0.3, -0.25) is 19.7 Å². The largest absolute Gasteiger partial charge is 0.364 e. The van der Waals surface area contributed by atoms with Crippen molar-refractivity contribution in [3.05, 3.63) is 99.0 Å². The van der Waals surface area contributed by atoms with Gasteiger partial charge in [0.2, 0.25) is 0 Å². The second-order valence-corrected chi connectivity index (χ2v) is 11.0. The standard InChI is InChI=1S/C26H20FN5O6S/c1-39(37,38)18-8-6-17(7-9-18)31-24-19(23(30-31)25(28)33)10-3-14-2-5-16(13-20(14)24)29-26(34)21-12-15(27)4-11-22(21)32(35)36/h2,4-9,11-13H,3,10H2,1H3,(H2,28,33)(H,29,34). The van der Waals surface area contributed by atoms with Crippen LogP contribution in [0.4, 0.5) is 15.8 Å². The molecule has 0 atom stereocenters. The van der Waals surface area contributed by atoms with E-state index in [-0.39, 0.29) is 16.3 Å². The van der Waals surface area contributed by atoms with Crippen molar-refractivity contribution in [2.75, 3.05) is 11.6 Å². The lowest BCUT2D eigenvalue weighted by Gasteiger charge is -2.20. The number of aryl methyl sites for hydroxylation is 1.